The molecule has 0 unspecified atom stereocenters. The first kappa shape index (κ1) is 13.9. The maximum atomic E-state index is 3.32. The van der Waals surface area contributed by atoms with Gasteiger partial charge in [-0.1, -0.05) is 5.69 Å². The molecule has 0 saturated heterocycles. The Morgan fingerprint density at radius 2 is 2.14 bits per heavy atom. The molecule has 0 aromatic heterocycles. The van der Waals surface area contributed by atoms with E-state index < -0.39 is 0 Å². The standard InChI is InChI=1S/C11H17N2.Sc/c1-13(2)10-6-9-12-11-7-4-3-5-8-11;/h3-5,7,12H,6,9-10H2,1-2H3;/q-1;. The molecule has 0 aliphatic heterocycles. The van der Waals surface area contributed by atoms with Crippen molar-refractivity contribution in [3.63, 3.8) is 0 Å². The SMILES string of the molecule is CN(C)CCCNc1[c-]cccc1.[Sc]. The van der Waals surface area contributed by atoms with Gasteiger partial charge in [-0.2, -0.15) is 24.3 Å². The third-order valence-electron chi connectivity index (χ3n) is 1.81. The van der Waals surface area contributed by atoms with Crippen LogP contribution in [0.25, 0.3) is 0 Å². The van der Waals surface area contributed by atoms with Crippen LogP contribution in [0.3, 0.4) is 0 Å². The second-order valence-electron chi connectivity index (χ2n) is 3.36. The minimum atomic E-state index is 0. The molecule has 0 fully saturated rings. The van der Waals surface area contributed by atoms with Gasteiger partial charge in [0.15, 0.2) is 0 Å². The molecule has 0 atom stereocenters. The van der Waals surface area contributed by atoms with E-state index in [9.17, 15) is 0 Å². The molecule has 0 heterocycles. The average Bonchev–Trinajstić information content (AvgIpc) is 2.14. The molecule has 14 heavy (non-hydrogen) atoms. The Morgan fingerprint density at radius 1 is 1.36 bits per heavy atom. The predicted octanol–water partition coefficient (Wildman–Crippen LogP) is 1.85. The van der Waals surface area contributed by atoms with E-state index in [0.29, 0.717) is 0 Å². The number of para-hydroxylation sites is 1. The summed E-state index contributed by atoms with van der Waals surface area (Å²) in [5.41, 5.74) is 1.08. The van der Waals surface area contributed by atoms with Crippen LogP contribution in [0.15, 0.2) is 24.3 Å². The molecule has 0 aliphatic carbocycles. The van der Waals surface area contributed by atoms with E-state index in [-0.39, 0.29) is 25.8 Å². The van der Waals surface area contributed by atoms with E-state index >= 15 is 0 Å². The fraction of sp³-hybridized carbons (Fsp3) is 0.455. The molecule has 75 valence electrons. The molecule has 0 saturated carbocycles. The van der Waals surface area contributed by atoms with Crippen molar-refractivity contribution in [3.05, 3.63) is 30.3 Å². The van der Waals surface area contributed by atoms with Crippen LogP contribution in [0.2, 0.25) is 0 Å². The van der Waals surface area contributed by atoms with Crippen molar-refractivity contribution in [1.29, 1.82) is 0 Å². The fourth-order valence-corrected chi connectivity index (χ4v) is 1.12. The zero-order valence-corrected chi connectivity index (χ0v) is 10.8. The quantitative estimate of drug-likeness (QED) is 0.604. The summed E-state index contributed by atoms with van der Waals surface area (Å²) in [6.07, 6.45) is 1.16. The number of nitrogens with zero attached hydrogens (tertiary/aromatic N) is 1. The average molecular weight is 222 g/mol. The van der Waals surface area contributed by atoms with Crippen LogP contribution in [-0.2, 0) is 25.8 Å². The molecule has 0 bridgehead atoms. The van der Waals surface area contributed by atoms with Crippen LogP contribution in [0.5, 0.6) is 0 Å². The van der Waals surface area contributed by atoms with Gasteiger partial charge >= 0.3 is 0 Å². The van der Waals surface area contributed by atoms with Gasteiger partial charge in [0, 0.05) is 32.4 Å². The maximum Gasteiger partial charge on any atom is 0.0138 e. The maximum absolute atomic E-state index is 3.32. The molecule has 3 heteroatoms. The molecule has 0 aliphatic rings. The number of nitrogens with one attached hydrogen (secondary N) is 1. The Bertz CT molecular complexity index is 224. The van der Waals surface area contributed by atoms with Crippen molar-refractivity contribution in [2.75, 3.05) is 32.5 Å². The summed E-state index contributed by atoms with van der Waals surface area (Å²) in [5, 5.41) is 3.32. The van der Waals surface area contributed by atoms with Crippen LogP contribution in [-0.4, -0.2) is 32.1 Å². The van der Waals surface area contributed by atoms with Gasteiger partial charge in [-0.15, -0.1) is 6.07 Å². The first-order valence-corrected chi connectivity index (χ1v) is 4.64. The van der Waals surface area contributed by atoms with Gasteiger partial charge in [0.2, 0.25) is 0 Å². The third kappa shape index (κ3) is 6.33. The van der Waals surface area contributed by atoms with E-state index in [1.807, 2.05) is 24.3 Å². The monoisotopic (exact) mass is 222 g/mol. The molecular formula is C11H17N2Sc-. The van der Waals surface area contributed by atoms with Crippen molar-refractivity contribution >= 4 is 5.69 Å². The van der Waals surface area contributed by atoms with E-state index in [2.05, 4.69) is 30.4 Å². The summed E-state index contributed by atoms with van der Waals surface area (Å²) >= 11 is 0. The Labute approximate surface area is 105 Å². The predicted molar refractivity (Wildman–Crippen MR) is 56.9 cm³/mol. The van der Waals surface area contributed by atoms with Gasteiger partial charge in [-0.05, 0) is 27.1 Å². The minimum absolute atomic E-state index is 0. The summed E-state index contributed by atoms with van der Waals surface area (Å²) in [6.45, 7) is 2.14. The van der Waals surface area contributed by atoms with E-state index in [1.165, 1.54) is 0 Å². The summed E-state index contributed by atoms with van der Waals surface area (Å²) in [4.78, 5) is 2.19. The van der Waals surface area contributed by atoms with Crippen LogP contribution in [0, 0.1) is 6.07 Å². The van der Waals surface area contributed by atoms with Gasteiger partial charge in [-0.25, -0.2) is 0 Å². The molecule has 0 amide bonds. The topological polar surface area (TPSA) is 15.3 Å². The minimum Gasteiger partial charge on any atom is -0.407 e. The molecule has 0 spiro atoms. The third-order valence-corrected chi connectivity index (χ3v) is 1.81. The summed E-state index contributed by atoms with van der Waals surface area (Å²) in [6, 6.07) is 11.1. The van der Waals surface area contributed by atoms with Crippen LogP contribution in [0.4, 0.5) is 5.69 Å². The van der Waals surface area contributed by atoms with Gasteiger partial charge in [-0.3, -0.25) is 0 Å². The number of anilines is 1. The summed E-state index contributed by atoms with van der Waals surface area (Å²) < 4.78 is 0. The number of rotatable bonds is 5. The number of benzene rings is 1. The first-order valence-electron chi connectivity index (χ1n) is 4.64. The van der Waals surface area contributed by atoms with Crippen molar-refractivity contribution < 1.29 is 25.8 Å². The van der Waals surface area contributed by atoms with Crippen LogP contribution in [0.1, 0.15) is 6.42 Å². The van der Waals surface area contributed by atoms with Crippen LogP contribution >= 0.6 is 0 Å². The van der Waals surface area contributed by atoms with Gasteiger partial charge < -0.3 is 10.2 Å². The van der Waals surface area contributed by atoms with Crippen molar-refractivity contribution in [2.24, 2.45) is 0 Å². The fourth-order valence-electron chi connectivity index (χ4n) is 1.12. The Morgan fingerprint density at radius 3 is 2.71 bits per heavy atom. The van der Waals surface area contributed by atoms with E-state index in [4.69, 9.17) is 0 Å². The largest absolute Gasteiger partial charge is 0.407 e. The molecule has 1 N–H and O–H groups in total. The molecule has 1 rings (SSSR count). The van der Waals surface area contributed by atoms with E-state index in [1.54, 1.807) is 0 Å². The van der Waals surface area contributed by atoms with Crippen LogP contribution < -0.4 is 5.32 Å². The summed E-state index contributed by atoms with van der Waals surface area (Å²) in [5.74, 6) is 0. The molecule has 2 nitrogen and oxygen atoms in total. The second-order valence-corrected chi connectivity index (χ2v) is 3.36. The summed E-state index contributed by atoms with van der Waals surface area (Å²) in [7, 11) is 4.18. The number of hydrogen-bond donors (Lipinski definition) is 1. The Hall–Kier alpha value is -0.150. The normalized spacial score (nSPS) is 9.64. The van der Waals surface area contributed by atoms with Gasteiger partial charge in [0.25, 0.3) is 0 Å². The van der Waals surface area contributed by atoms with Gasteiger partial charge in [0.05, 0.1) is 0 Å². The van der Waals surface area contributed by atoms with E-state index in [0.717, 1.165) is 25.2 Å². The van der Waals surface area contributed by atoms with Crippen molar-refractivity contribution in [2.45, 2.75) is 6.42 Å². The Kier molecular flexibility index (Phi) is 8.10. The van der Waals surface area contributed by atoms with Crippen molar-refractivity contribution in [3.8, 4) is 0 Å². The zero-order valence-electron chi connectivity index (χ0n) is 8.96. The van der Waals surface area contributed by atoms with Gasteiger partial charge in [0.1, 0.15) is 0 Å². The van der Waals surface area contributed by atoms with Crippen molar-refractivity contribution in [1.82, 2.24) is 4.90 Å². The first-order chi connectivity index (χ1) is 6.29. The number of hydrogen-bond acceptors (Lipinski definition) is 2. The molecular weight excluding hydrogens is 205 g/mol. The zero-order chi connectivity index (χ0) is 9.52. The smallest absolute Gasteiger partial charge is 0.0138 e. The second kappa shape index (κ2) is 8.18. The molecule has 1 aromatic carbocycles. The Balaban J connectivity index is 0.00000169. The molecule has 1 aromatic rings. The molecule has 1 radical (unpaired) electrons.